The molecule has 1 aliphatic heterocycles. The molecular weight excluding hydrogens is 316 g/mol. The van der Waals surface area contributed by atoms with Crippen LogP contribution in [0, 0.1) is 11.3 Å². The number of pyridine rings is 1. The molecule has 0 bridgehead atoms. The van der Waals surface area contributed by atoms with E-state index in [4.69, 9.17) is 4.74 Å². The summed E-state index contributed by atoms with van der Waals surface area (Å²) in [6.07, 6.45) is 9.64. The molecule has 1 aromatic rings. The van der Waals surface area contributed by atoms with Gasteiger partial charge in [-0.05, 0) is 56.2 Å². The van der Waals surface area contributed by atoms with Gasteiger partial charge >= 0.3 is 5.97 Å². The second-order valence-corrected chi connectivity index (χ2v) is 7.38. The van der Waals surface area contributed by atoms with E-state index < -0.39 is 0 Å². The predicted octanol–water partition coefficient (Wildman–Crippen LogP) is 2.99. The molecule has 1 aliphatic carbocycles. The van der Waals surface area contributed by atoms with Crippen LogP contribution in [0.15, 0.2) is 24.5 Å². The molecule has 1 saturated heterocycles. The number of nitrogens with zero attached hydrogens (tertiary/aromatic N) is 2. The third-order valence-corrected chi connectivity index (χ3v) is 5.53. The maximum Gasteiger partial charge on any atom is 0.312 e. The molecule has 1 saturated carbocycles. The van der Waals surface area contributed by atoms with Gasteiger partial charge in [-0.15, -0.1) is 0 Å². The molecular formula is C20H28N2O3. The fraction of sp³-hybridized carbons (Fsp3) is 0.650. The van der Waals surface area contributed by atoms with Crippen LogP contribution in [-0.2, 0) is 20.7 Å². The van der Waals surface area contributed by atoms with Crippen LogP contribution in [0.3, 0.4) is 0 Å². The molecule has 3 rings (SSSR count). The molecule has 0 aromatic carbocycles. The van der Waals surface area contributed by atoms with Crippen LogP contribution in [0.25, 0.3) is 0 Å². The van der Waals surface area contributed by atoms with Gasteiger partial charge in [-0.1, -0.05) is 12.8 Å². The first-order chi connectivity index (χ1) is 12.1. The molecule has 2 fully saturated rings. The Kier molecular flexibility index (Phi) is 5.71. The van der Waals surface area contributed by atoms with Crippen LogP contribution in [0.1, 0.15) is 51.0 Å². The number of hydrogen-bond acceptors (Lipinski definition) is 4. The molecule has 0 atom stereocenters. The smallest absolute Gasteiger partial charge is 0.312 e. The van der Waals surface area contributed by atoms with Gasteiger partial charge < -0.3 is 9.64 Å². The van der Waals surface area contributed by atoms with Crippen LogP contribution in [0.4, 0.5) is 0 Å². The van der Waals surface area contributed by atoms with Crippen molar-refractivity contribution in [1.29, 1.82) is 0 Å². The Morgan fingerprint density at radius 1 is 1.24 bits per heavy atom. The lowest BCUT2D eigenvalue weighted by Crippen LogP contribution is -2.47. The van der Waals surface area contributed by atoms with Gasteiger partial charge in [0.25, 0.3) is 0 Å². The van der Waals surface area contributed by atoms with Crippen LogP contribution in [0.5, 0.6) is 0 Å². The lowest BCUT2D eigenvalue weighted by atomic mass is 9.74. The molecule has 1 amide bonds. The summed E-state index contributed by atoms with van der Waals surface area (Å²) in [5.74, 6) is 0.810. The normalized spacial score (nSPS) is 19.5. The molecule has 5 heteroatoms. The summed E-state index contributed by atoms with van der Waals surface area (Å²) < 4.78 is 5.37. The number of piperidine rings is 1. The second-order valence-electron chi connectivity index (χ2n) is 7.38. The van der Waals surface area contributed by atoms with Crippen molar-refractivity contribution in [3.8, 4) is 0 Å². The molecule has 0 N–H and O–H groups in total. The van der Waals surface area contributed by atoms with Crippen LogP contribution in [0.2, 0.25) is 0 Å². The van der Waals surface area contributed by atoms with E-state index in [0.717, 1.165) is 31.2 Å². The van der Waals surface area contributed by atoms with Crippen molar-refractivity contribution in [3.63, 3.8) is 0 Å². The summed E-state index contributed by atoms with van der Waals surface area (Å²) in [4.78, 5) is 31.0. The Morgan fingerprint density at radius 3 is 2.52 bits per heavy atom. The minimum Gasteiger partial charge on any atom is -0.466 e. The first-order valence-electron chi connectivity index (χ1n) is 9.47. The Bertz CT molecular complexity index is 590. The highest BCUT2D eigenvalue weighted by molar-refractivity contribution is 5.79. The number of rotatable bonds is 7. The highest BCUT2D eigenvalue weighted by Gasteiger charge is 2.46. The molecule has 2 heterocycles. The summed E-state index contributed by atoms with van der Waals surface area (Å²) >= 11 is 0. The molecule has 0 radical (unpaired) electrons. The third kappa shape index (κ3) is 4.59. The molecule has 5 nitrogen and oxygen atoms in total. The number of likely N-dealkylation sites (tertiary alicyclic amines) is 1. The van der Waals surface area contributed by atoms with E-state index in [0.29, 0.717) is 32.0 Å². The average Bonchev–Trinajstić information content (AvgIpc) is 3.45. The number of carbonyl (C=O) groups is 2. The quantitative estimate of drug-likeness (QED) is 0.714. The van der Waals surface area contributed by atoms with Gasteiger partial charge in [0, 0.05) is 31.9 Å². The summed E-state index contributed by atoms with van der Waals surface area (Å²) in [6, 6.07) is 3.90. The van der Waals surface area contributed by atoms with E-state index in [1.54, 1.807) is 12.4 Å². The number of hydrogen-bond donors (Lipinski definition) is 0. The summed E-state index contributed by atoms with van der Waals surface area (Å²) in [7, 11) is 0. The van der Waals surface area contributed by atoms with Gasteiger partial charge in [0.1, 0.15) is 0 Å². The van der Waals surface area contributed by atoms with E-state index in [1.807, 2.05) is 24.0 Å². The number of ether oxygens (including phenoxy) is 1. The predicted molar refractivity (Wildman–Crippen MR) is 94.8 cm³/mol. The van der Waals surface area contributed by atoms with Crippen molar-refractivity contribution in [2.75, 3.05) is 19.7 Å². The van der Waals surface area contributed by atoms with E-state index in [-0.39, 0.29) is 17.3 Å². The van der Waals surface area contributed by atoms with Gasteiger partial charge in [0.15, 0.2) is 0 Å². The summed E-state index contributed by atoms with van der Waals surface area (Å²) in [5, 5.41) is 0. The van der Waals surface area contributed by atoms with Gasteiger partial charge in [0.05, 0.1) is 12.0 Å². The van der Waals surface area contributed by atoms with Gasteiger partial charge in [-0.25, -0.2) is 0 Å². The van der Waals surface area contributed by atoms with E-state index in [9.17, 15) is 9.59 Å². The Balaban J connectivity index is 1.53. The first kappa shape index (κ1) is 17.9. The second kappa shape index (κ2) is 7.98. The Morgan fingerprint density at radius 2 is 1.92 bits per heavy atom. The largest absolute Gasteiger partial charge is 0.466 e. The van der Waals surface area contributed by atoms with Gasteiger partial charge in [-0.3, -0.25) is 14.6 Å². The van der Waals surface area contributed by atoms with Crippen molar-refractivity contribution >= 4 is 11.9 Å². The van der Waals surface area contributed by atoms with Crippen molar-refractivity contribution in [1.82, 2.24) is 9.88 Å². The lowest BCUT2D eigenvalue weighted by Gasteiger charge is -2.40. The molecule has 25 heavy (non-hydrogen) atoms. The summed E-state index contributed by atoms with van der Waals surface area (Å²) in [6.45, 7) is 3.63. The SMILES string of the molecule is CCOC(=O)C1(CC2CC2)CCN(C(=O)CCc2ccncc2)CC1. The fourth-order valence-corrected chi connectivity index (χ4v) is 3.79. The highest BCUT2D eigenvalue weighted by atomic mass is 16.5. The standard InChI is InChI=1S/C20H28N2O3/c1-2-25-19(24)20(15-17-3-4-17)9-13-22(14-10-20)18(23)6-5-16-7-11-21-12-8-16/h7-8,11-12,17H,2-6,9-10,13-15H2,1H3. The third-order valence-electron chi connectivity index (χ3n) is 5.53. The van der Waals surface area contributed by atoms with E-state index >= 15 is 0 Å². The molecule has 0 unspecified atom stereocenters. The number of amides is 1. The number of carbonyl (C=O) groups excluding carboxylic acids is 2. The zero-order chi connectivity index (χ0) is 17.7. The number of aryl methyl sites for hydroxylation is 1. The monoisotopic (exact) mass is 344 g/mol. The molecule has 2 aliphatic rings. The van der Waals surface area contributed by atoms with Crippen molar-refractivity contribution in [2.45, 2.75) is 51.9 Å². The maximum absolute atomic E-state index is 12.5. The molecule has 1 aromatic heterocycles. The van der Waals surface area contributed by atoms with Gasteiger partial charge in [0.2, 0.25) is 5.91 Å². The minimum absolute atomic E-state index is 0.0502. The Labute approximate surface area is 149 Å². The maximum atomic E-state index is 12.5. The first-order valence-corrected chi connectivity index (χ1v) is 9.47. The molecule has 0 spiro atoms. The number of aromatic nitrogens is 1. The summed E-state index contributed by atoms with van der Waals surface area (Å²) in [5.41, 5.74) is 0.772. The van der Waals surface area contributed by atoms with Crippen LogP contribution < -0.4 is 0 Å². The van der Waals surface area contributed by atoms with Crippen molar-refractivity contribution in [3.05, 3.63) is 30.1 Å². The van der Waals surface area contributed by atoms with Crippen LogP contribution in [-0.4, -0.2) is 41.5 Å². The van der Waals surface area contributed by atoms with Crippen LogP contribution >= 0.6 is 0 Å². The average molecular weight is 344 g/mol. The Hall–Kier alpha value is -1.91. The van der Waals surface area contributed by atoms with E-state index in [1.165, 1.54) is 12.8 Å². The zero-order valence-electron chi connectivity index (χ0n) is 15.1. The zero-order valence-corrected chi connectivity index (χ0v) is 15.1. The van der Waals surface area contributed by atoms with Crippen molar-refractivity contribution in [2.24, 2.45) is 11.3 Å². The lowest BCUT2D eigenvalue weighted by molar-refractivity contribution is -0.161. The highest BCUT2D eigenvalue weighted by Crippen LogP contribution is 2.46. The van der Waals surface area contributed by atoms with E-state index in [2.05, 4.69) is 4.98 Å². The minimum atomic E-state index is -0.362. The topological polar surface area (TPSA) is 59.5 Å². The fourth-order valence-electron chi connectivity index (χ4n) is 3.79. The van der Waals surface area contributed by atoms with Crippen molar-refractivity contribution < 1.29 is 14.3 Å². The number of esters is 1. The van der Waals surface area contributed by atoms with Gasteiger partial charge in [-0.2, -0.15) is 0 Å². The molecule has 136 valence electrons.